The molecule has 2 heterocycles. The second-order valence-corrected chi connectivity index (χ2v) is 8.25. The van der Waals surface area contributed by atoms with Gasteiger partial charge in [0.05, 0.1) is 14.2 Å². The number of aliphatic carboxylic acids is 1. The first-order valence-electron chi connectivity index (χ1n) is 11.3. The third kappa shape index (κ3) is 6.03. The Kier molecular flexibility index (Phi) is 7.53. The predicted octanol–water partition coefficient (Wildman–Crippen LogP) is 5.16. The molecule has 2 aromatic carbocycles. The van der Waals surface area contributed by atoms with Gasteiger partial charge in [-0.2, -0.15) is 18.2 Å². The van der Waals surface area contributed by atoms with Gasteiger partial charge in [-0.1, -0.05) is 18.2 Å². The van der Waals surface area contributed by atoms with E-state index in [0.717, 1.165) is 12.2 Å². The molecule has 1 aliphatic rings. The first kappa shape index (κ1) is 26.5. The molecule has 9 nitrogen and oxygen atoms in total. The van der Waals surface area contributed by atoms with Crippen LogP contribution < -0.4 is 25.2 Å². The topological polar surface area (TPSA) is 109 Å². The zero-order valence-corrected chi connectivity index (χ0v) is 20.6. The fourth-order valence-electron chi connectivity index (χ4n) is 3.78. The van der Waals surface area contributed by atoms with E-state index in [1.807, 2.05) is 0 Å². The Morgan fingerprint density at radius 2 is 1.87 bits per heavy atom. The molecule has 0 fully saturated rings. The van der Waals surface area contributed by atoms with Crippen LogP contribution in [0.4, 0.5) is 30.6 Å². The fourth-order valence-corrected chi connectivity index (χ4v) is 3.78. The highest BCUT2D eigenvalue weighted by atomic mass is 19.4. The Balaban J connectivity index is 1.78. The van der Waals surface area contributed by atoms with Gasteiger partial charge in [-0.3, -0.25) is 5.01 Å². The van der Waals surface area contributed by atoms with E-state index in [-0.39, 0.29) is 11.8 Å². The highest BCUT2D eigenvalue weighted by molar-refractivity contribution is 5.86. The lowest BCUT2D eigenvalue weighted by molar-refractivity contribution is -0.142. The van der Waals surface area contributed by atoms with Crippen LogP contribution in [0.5, 0.6) is 11.5 Å². The van der Waals surface area contributed by atoms with E-state index in [0.29, 0.717) is 39.6 Å². The maximum absolute atomic E-state index is 13.5. The van der Waals surface area contributed by atoms with Crippen LogP contribution in [0.1, 0.15) is 12.5 Å². The summed E-state index contributed by atoms with van der Waals surface area (Å²) < 4.78 is 51.1. The van der Waals surface area contributed by atoms with Crippen LogP contribution in [0, 0.1) is 0 Å². The average molecular weight is 528 g/mol. The number of hydrogen-bond acceptors (Lipinski definition) is 8. The van der Waals surface area contributed by atoms with Crippen molar-refractivity contribution in [2.24, 2.45) is 0 Å². The van der Waals surface area contributed by atoms with Crippen molar-refractivity contribution < 1.29 is 32.5 Å². The van der Waals surface area contributed by atoms with Crippen molar-refractivity contribution in [1.82, 2.24) is 15.4 Å². The Bertz CT molecular complexity index is 1390. The number of nitrogens with one attached hydrogen (secondary N) is 2. The van der Waals surface area contributed by atoms with Crippen LogP contribution >= 0.6 is 0 Å². The lowest BCUT2D eigenvalue weighted by Gasteiger charge is -2.25. The second kappa shape index (κ2) is 10.8. The van der Waals surface area contributed by atoms with Crippen LogP contribution in [0.15, 0.2) is 66.5 Å². The number of anilines is 3. The molecule has 0 spiro atoms. The summed E-state index contributed by atoms with van der Waals surface area (Å²) in [6, 6.07) is 10.0. The van der Waals surface area contributed by atoms with Crippen LogP contribution in [0.25, 0.3) is 17.2 Å². The van der Waals surface area contributed by atoms with Crippen molar-refractivity contribution in [3.63, 3.8) is 0 Å². The molecular formula is C26H24F3N5O4. The molecule has 0 aliphatic carbocycles. The third-order valence-corrected chi connectivity index (χ3v) is 5.59. The zero-order chi connectivity index (χ0) is 27.4. The molecule has 3 aromatic rings. The molecule has 0 amide bonds. The van der Waals surface area contributed by atoms with Crippen molar-refractivity contribution in [1.29, 1.82) is 0 Å². The first-order chi connectivity index (χ1) is 18.1. The van der Waals surface area contributed by atoms with Gasteiger partial charge in [0.25, 0.3) is 0 Å². The molecule has 4 rings (SSSR count). The van der Waals surface area contributed by atoms with Crippen molar-refractivity contribution in [2.45, 2.75) is 19.1 Å². The summed E-state index contributed by atoms with van der Waals surface area (Å²) >= 11 is 0. The lowest BCUT2D eigenvalue weighted by Crippen LogP contribution is -2.45. The highest BCUT2D eigenvalue weighted by Crippen LogP contribution is 2.36. The van der Waals surface area contributed by atoms with Crippen LogP contribution in [0.2, 0.25) is 0 Å². The van der Waals surface area contributed by atoms with E-state index >= 15 is 0 Å². The number of halogens is 3. The van der Waals surface area contributed by atoms with Gasteiger partial charge in [0.2, 0.25) is 5.95 Å². The molecule has 0 saturated carbocycles. The number of hydrazine groups is 1. The maximum atomic E-state index is 13.5. The number of hydrogen-bond donors (Lipinski definition) is 3. The first-order valence-corrected chi connectivity index (χ1v) is 11.3. The van der Waals surface area contributed by atoms with Gasteiger partial charge in [-0.25, -0.2) is 15.2 Å². The fraction of sp³-hybridized carbons (Fsp3) is 0.192. The lowest BCUT2D eigenvalue weighted by atomic mass is 10.0. The van der Waals surface area contributed by atoms with Crippen LogP contribution in [0.3, 0.4) is 0 Å². The van der Waals surface area contributed by atoms with Crippen molar-refractivity contribution in [3.05, 3.63) is 72.1 Å². The van der Waals surface area contributed by atoms with Gasteiger partial charge in [-0.05, 0) is 36.3 Å². The summed E-state index contributed by atoms with van der Waals surface area (Å²) in [5.74, 6) is 0.207. The number of carbonyl (C=O) groups is 1. The Hall–Kier alpha value is -4.58. The van der Waals surface area contributed by atoms with E-state index < -0.39 is 18.2 Å². The molecule has 1 unspecified atom stereocenters. The average Bonchev–Trinajstić information content (AvgIpc) is 3.29. The quantitative estimate of drug-likeness (QED) is 0.342. The van der Waals surface area contributed by atoms with Crippen LogP contribution in [-0.2, 0) is 4.79 Å². The number of rotatable bonds is 8. The van der Waals surface area contributed by atoms with Gasteiger partial charge < -0.3 is 19.9 Å². The molecule has 1 aromatic heterocycles. The molecular weight excluding hydrogens is 503 g/mol. The van der Waals surface area contributed by atoms with Gasteiger partial charge in [0.1, 0.15) is 17.5 Å². The smallest absolute Gasteiger partial charge is 0.409 e. The Labute approximate surface area is 216 Å². The van der Waals surface area contributed by atoms with Gasteiger partial charge in [0, 0.05) is 47.4 Å². The van der Waals surface area contributed by atoms with Crippen LogP contribution in [-0.4, -0.2) is 47.5 Å². The number of carboxylic acid groups (broad SMARTS) is 1. The summed E-state index contributed by atoms with van der Waals surface area (Å²) in [6.45, 7) is 1.54. The van der Waals surface area contributed by atoms with E-state index in [1.165, 1.54) is 38.4 Å². The number of benzene rings is 2. The van der Waals surface area contributed by atoms with E-state index in [9.17, 15) is 18.0 Å². The van der Waals surface area contributed by atoms with Gasteiger partial charge >= 0.3 is 12.1 Å². The van der Waals surface area contributed by atoms with Crippen molar-refractivity contribution >= 4 is 29.5 Å². The normalized spacial score (nSPS) is 15.5. The summed E-state index contributed by atoms with van der Waals surface area (Å²) in [5.41, 5.74) is 4.87. The summed E-state index contributed by atoms with van der Waals surface area (Å²) in [6.07, 6.45) is 0.449. The number of alkyl halides is 3. The molecule has 12 heteroatoms. The minimum Gasteiger partial charge on any atom is -0.497 e. The van der Waals surface area contributed by atoms with Crippen molar-refractivity contribution in [2.75, 3.05) is 24.5 Å². The number of aromatic nitrogens is 2. The predicted molar refractivity (Wildman–Crippen MR) is 136 cm³/mol. The third-order valence-electron chi connectivity index (χ3n) is 5.59. The molecule has 0 bridgehead atoms. The van der Waals surface area contributed by atoms with E-state index in [4.69, 9.17) is 14.6 Å². The molecule has 1 atom stereocenters. The number of carboxylic acids is 1. The van der Waals surface area contributed by atoms with Gasteiger partial charge in [-0.15, -0.1) is 0 Å². The molecule has 198 valence electrons. The largest absolute Gasteiger partial charge is 0.497 e. The zero-order valence-electron chi connectivity index (χ0n) is 20.6. The summed E-state index contributed by atoms with van der Waals surface area (Å²) in [4.78, 5) is 19.9. The molecule has 38 heavy (non-hydrogen) atoms. The Morgan fingerprint density at radius 1 is 1.16 bits per heavy atom. The minimum atomic E-state index is -4.51. The van der Waals surface area contributed by atoms with E-state index in [1.54, 1.807) is 42.5 Å². The second-order valence-electron chi connectivity index (χ2n) is 8.25. The standard InChI is InChI=1S/C26H24F3N5O4/c1-15-9-22(26(27,28)29)33-34(15)24-21(17-6-4-5-16(10-17)7-8-23(35)36)14-30-25(32-24)31-18-11-19(37-2)13-20(12-18)38-3/h4-14,22,33H,1-3H3,(H,35,36)(H,30,31,32)/b8-7+. The summed E-state index contributed by atoms with van der Waals surface area (Å²) in [7, 11) is 3.01. The van der Waals surface area contributed by atoms with E-state index in [2.05, 4.69) is 20.7 Å². The van der Waals surface area contributed by atoms with Gasteiger partial charge in [0.15, 0.2) is 5.82 Å². The molecule has 0 radical (unpaired) electrons. The van der Waals surface area contributed by atoms with Crippen molar-refractivity contribution in [3.8, 4) is 22.6 Å². The number of allylic oxidation sites excluding steroid dienone is 1. The highest BCUT2D eigenvalue weighted by Gasteiger charge is 2.43. The molecule has 0 saturated heterocycles. The SMILES string of the molecule is COc1cc(Nc2ncc(-c3cccc(/C=C/C(=O)O)c3)c(N3NC(C(F)(F)F)C=C3C)n2)cc(OC)c1. The monoisotopic (exact) mass is 527 g/mol. The number of methoxy groups -OCH3 is 2. The molecule has 1 aliphatic heterocycles. The Morgan fingerprint density at radius 3 is 2.47 bits per heavy atom. The number of ether oxygens (including phenoxy) is 2. The number of nitrogens with zero attached hydrogens (tertiary/aromatic N) is 3. The minimum absolute atomic E-state index is 0.117. The maximum Gasteiger partial charge on any atom is 0.409 e. The molecule has 3 N–H and O–H groups in total. The summed E-state index contributed by atoms with van der Waals surface area (Å²) in [5, 5.41) is 13.2.